The number of thiophene rings is 1. The fraction of sp³-hybridized carbons (Fsp3) is 0.250. The molecule has 2 rings (SSSR count). The second kappa shape index (κ2) is 7.15. The van der Waals surface area contributed by atoms with Gasteiger partial charge in [0.1, 0.15) is 0 Å². The average Bonchev–Trinajstić information content (AvgIpc) is 3.05. The molecule has 1 aromatic carbocycles. The van der Waals surface area contributed by atoms with E-state index < -0.39 is 0 Å². The highest BCUT2D eigenvalue weighted by atomic mass is 32.1. The van der Waals surface area contributed by atoms with Crippen LogP contribution in [0.2, 0.25) is 0 Å². The molecule has 0 unspecified atom stereocenters. The minimum Gasteiger partial charge on any atom is -0.395 e. The highest BCUT2D eigenvalue weighted by molar-refractivity contribution is 7.12. The number of amides is 1. The third kappa shape index (κ3) is 3.77. The molecule has 5 heteroatoms. The first-order valence-electron chi connectivity index (χ1n) is 6.70. The topological polar surface area (TPSA) is 66.4 Å². The van der Waals surface area contributed by atoms with Crippen molar-refractivity contribution < 1.29 is 14.7 Å². The quantitative estimate of drug-likeness (QED) is 0.804. The third-order valence-corrected chi connectivity index (χ3v) is 4.09. The lowest BCUT2D eigenvalue weighted by Gasteiger charge is -2.12. The molecule has 0 aliphatic rings. The van der Waals surface area contributed by atoms with Gasteiger partial charge in [-0.05, 0) is 23.9 Å². The monoisotopic (exact) mass is 303 g/mol. The summed E-state index contributed by atoms with van der Waals surface area (Å²) in [7, 11) is 0. The van der Waals surface area contributed by atoms with E-state index in [0.717, 1.165) is 5.56 Å². The minimum absolute atomic E-state index is 0.00562. The van der Waals surface area contributed by atoms with Gasteiger partial charge >= 0.3 is 0 Å². The highest BCUT2D eigenvalue weighted by Crippen LogP contribution is 2.19. The molecule has 1 atom stereocenters. The zero-order chi connectivity index (χ0) is 15.2. The van der Waals surface area contributed by atoms with Crippen molar-refractivity contribution in [1.82, 2.24) is 5.32 Å². The van der Waals surface area contributed by atoms with Crippen LogP contribution in [-0.4, -0.2) is 29.9 Å². The lowest BCUT2D eigenvalue weighted by atomic mass is 9.98. The molecule has 0 saturated carbocycles. The maximum absolute atomic E-state index is 12.2. The zero-order valence-corrected chi connectivity index (χ0v) is 12.5. The van der Waals surface area contributed by atoms with Gasteiger partial charge in [-0.25, -0.2) is 0 Å². The van der Waals surface area contributed by atoms with Crippen molar-refractivity contribution >= 4 is 23.0 Å². The van der Waals surface area contributed by atoms with Crippen molar-refractivity contribution in [1.29, 1.82) is 0 Å². The Morgan fingerprint density at radius 2 is 1.95 bits per heavy atom. The fourth-order valence-corrected chi connectivity index (χ4v) is 2.64. The minimum atomic E-state index is -0.317. The van der Waals surface area contributed by atoms with Crippen molar-refractivity contribution in [2.24, 2.45) is 0 Å². The van der Waals surface area contributed by atoms with Crippen LogP contribution in [-0.2, 0) is 4.79 Å². The SMILES string of the molecule is C[C@H](C(=O)NCCO)c1ccc(C(=O)c2cccs2)cc1. The van der Waals surface area contributed by atoms with E-state index in [1.54, 1.807) is 37.3 Å². The lowest BCUT2D eigenvalue weighted by molar-refractivity contribution is -0.122. The molecule has 110 valence electrons. The van der Waals surface area contributed by atoms with E-state index in [1.807, 2.05) is 11.4 Å². The summed E-state index contributed by atoms with van der Waals surface area (Å²) in [6.07, 6.45) is 0. The van der Waals surface area contributed by atoms with E-state index in [-0.39, 0.29) is 30.8 Å². The number of carbonyl (C=O) groups excluding carboxylic acids is 2. The normalized spacial score (nSPS) is 11.9. The molecule has 0 saturated heterocycles. The van der Waals surface area contributed by atoms with Crippen molar-refractivity contribution in [2.45, 2.75) is 12.8 Å². The number of hydrogen-bond donors (Lipinski definition) is 2. The Balaban J connectivity index is 2.08. The number of benzene rings is 1. The Kier molecular flexibility index (Phi) is 5.25. The maximum atomic E-state index is 12.2. The molecule has 0 radical (unpaired) electrons. The van der Waals surface area contributed by atoms with Gasteiger partial charge in [0.25, 0.3) is 0 Å². The molecule has 1 heterocycles. The number of ketones is 1. The first-order valence-corrected chi connectivity index (χ1v) is 7.58. The van der Waals surface area contributed by atoms with Gasteiger partial charge in [0, 0.05) is 12.1 Å². The first kappa shape index (κ1) is 15.4. The number of aliphatic hydroxyl groups excluding tert-OH is 1. The molecule has 0 spiro atoms. The molecular formula is C16H17NO3S. The molecular weight excluding hydrogens is 286 g/mol. The Bertz CT molecular complexity index is 605. The molecule has 0 aliphatic heterocycles. The van der Waals surface area contributed by atoms with Crippen LogP contribution < -0.4 is 5.32 Å². The van der Waals surface area contributed by atoms with Gasteiger partial charge in [-0.3, -0.25) is 9.59 Å². The van der Waals surface area contributed by atoms with Crippen LogP contribution in [0.4, 0.5) is 0 Å². The van der Waals surface area contributed by atoms with E-state index in [4.69, 9.17) is 5.11 Å². The fourth-order valence-electron chi connectivity index (χ4n) is 1.96. The molecule has 21 heavy (non-hydrogen) atoms. The van der Waals surface area contributed by atoms with Crippen molar-refractivity contribution in [3.05, 3.63) is 57.8 Å². The third-order valence-electron chi connectivity index (χ3n) is 3.22. The second-order valence-corrected chi connectivity index (χ2v) is 5.61. The summed E-state index contributed by atoms with van der Waals surface area (Å²) in [6, 6.07) is 10.7. The average molecular weight is 303 g/mol. The van der Waals surface area contributed by atoms with Gasteiger partial charge in [0.15, 0.2) is 0 Å². The molecule has 2 aromatic rings. The van der Waals surface area contributed by atoms with E-state index >= 15 is 0 Å². The van der Waals surface area contributed by atoms with Crippen molar-refractivity contribution in [2.75, 3.05) is 13.2 Å². The molecule has 0 bridgehead atoms. The summed E-state index contributed by atoms with van der Waals surface area (Å²) in [5.41, 5.74) is 1.46. The van der Waals surface area contributed by atoms with E-state index in [1.165, 1.54) is 11.3 Å². The van der Waals surface area contributed by atoms with Crippen LogP contribution in [0.3, 0.4) is 0 Å². The van der Waals surface area contributed by atoms with Gasteiger partial charge in [0.05, 0.1) is 17.4 Å². The Morgan fingerprint density at radius 1 is 1.24 bits per heavy atom. The summed E-state index contributed by atoms with van der Waals surface area (Å²) in [4.78, 5) is 24.7. The van der Waals surface area contributed by atoms with Crippen LogP contribution in [0, 0.1) is 0 Å². The second-order valence-electron chi connectivity index (χ2n) is 4.66. The van der Waals surface area contributed by atoms with E-state index in [9.17, 15) is 9.59 Å². The number of carbonyl (C=O) groups is 2. The maximum Gasteiger partial charge on any atom is 0.227 e. The Labute approximate surface area is 127 Å². The Morgan fingerprint density at radius 3 is 2.52 bits per heavy atom. The van der Waals surface area contributed by atoms with Crippen molar-refractivity contribution in [3.8, 4) is 0 Å². The van der Waals surface area contributed by atoms with E-state index in [0.29, 0.717) is 10.4 Å². The van der Waals surface area contributed by atoms with Gasteiger partial charge in [0.2, 0.25) is 11.7 Å². The summed E-state index contributed by atoms with van der Waals surface area (Å²) in [5, 5.41) is 13.2. The highest BCUT2D eigenvalue weighted by Gasteiger charge is 2.16. The van der Waals surface area contributed by atoms with Crippen LogP contribution >= 0.6 is 11.3 Å². The molecule has 2 N–H and O–H groups in total. The number of hydrogen-bond acceptors (Lipinski definition) is 4. The van der Waals surface area contributed by atoms with Crippen LogP contribution in [0.1, 0.15) is 33.6 Å². The largest absolute Gasteiger partial charge is 0.395 e. The van der Waals surface area contributed by atoms with Crippen LogP contribution in [0.5, 0.6) is 0 Å². The van der Waals surface area contributed by atoms with Crippen LogP contribution in [0.15, 0.2) is 41.8 Å². The predicted octanol–water partition coefficient (Wildman–Crippen LogP) is 2.19. The predicted molar refractivity (Wildman–Crippen MR) is 82.7 cm³/mol. The summed E-state index contributed by atoms with van der Waals surface area (Å²) >= 11 is 1.41. The number of rotatable bonds is 6. The Hall–Kier alpha value is -1.98. The van der Waals surface area contributed by atoms with E-state index in [2.05, 4.69) is 5.32 Å². The molecule has 0 aliphatic carbocycles. The standard InChI is InChI=1S/C16H17NO3S/c1-11(16(20)17-8-9-18)12-4-6-13(7-5-12)15(19)14-3-2-10-21-14/h2-7,10-11,18H,8-9H2,1H3,(H,17,20)/t11-/m0/s1. The molecule has 4 nitrogen and oxygen atoms in total. The van der Waals surface area contributed by atoms with Crippen molar-refractivity contribution in [3.63, 3.8) is 0 Å². The van der Waals surface area contributed by atoms with Gasteiger partial charge in [-0.15, -0.1) is 11.3 Å². The molecule has 1 aromatic heterocycles. The molecule has 0 fully saturated rings. The zero-order valence-electron chi connectivity index (χ0n) is 11.7. The number of nitrogens with one attached hydrogen (secondary N) is 1. The van der Waals surface area contributed by atoms with Gasteiger partial charge in [-0.2, -0.15) is 0 Å². The summed E-state index contributed by atoms with van der Waals surface area (Å²) in [5.74, 6) is -0.460. The number of aliphatic hydroxyl groups is 1. The summed E-state index contributed by atoms with van der Waals surface area (Å²) < 4.78 is 0. The van der Waals surface area contributed by atoms with Gasteiger partial charge < -0.3 is 10.4 Å². The van der Waals surface area contributed by atoms with Gasteiger partial charge in [-0.1, -0.05) is 30.3 Å². The summed E-state index contributed by atoms with van der Waals surface area (Å²) in [6.45, 7) is 1.97. The lowest BCUT2D eigenvalue weighted by Crippen LogP contribution is -2.30. The molecule has 1 amide bonds. The van der Waals surface area contributed by atoms with Crippen LogP contribution in [0.25, 0.3) is 0 Å². The smallest absolute Gasteiger partial charge is 0.227 e. The first-order chi connectivity index (χ1) is 10.1.